The maximum Gasteiger partial charge on any atom is 0.107 e. The zero-order valence-corrected chi connectivity index (χ0v) is 13.9. The Hall–Kier alpha value is -0.740. The molecule has 1 saturated carbocycles. The van der Waals surface area contributed by atoms with Crippen molar-refractivity contribution in [2.45, 2.75) is 50.5 Å². The summed E-state index contributed by atoms with van der Waals surface area (Å²) in [5, 5.41) is 3.67. The summed E-state index contributed by atoms with van der Waals surface area (Å²) in [5.41, 5.74) is 8.07. The fraction of sp³-hybridized carbons (Fsp3) is 0.562. The SMILES string of the molecule is CCSc1cccc(NC(CC)CC2CC2)c1C(N)=S. The van der Waals surface area contributed by atoms with Gasteiger partial charge in [-0.05, 0) is 36.6 Å². The van der Waals surface area contributed by atoms with E-state index in [4.69, 9.17) is 18.0 Å². The van der Waals surface area contributed by atoms with Crippen LogP contribution in [0, 0.1) is 5.92 Å². The van der Waals surface area contributed by atoms with Crippen LogP contribution in [0.4, 0.5) is 5.69 Å². The Labute approximate surface area is 131 Å². The number of benzene rings is 1. The highest BCUT2D eigenvalue weighted by atomic mass is 32.2. The van der Waals surface area contributed by atoms with Crippen LogP contribution in [-0.4, -0.2) is 16.8 Å². The smallest absolute Gasteiger partial charge is 0.107 e. The number of nitrogens with two attached hydrogens (primary N) is 1. The summed E-state index contributed by atoms with van der Waals surface area (Å²) in [6.07, 6.45) is 5.19. The van der Waals surface area contributed by atoms with E-state index < -0.39 is 0 Å². The van der Waals surface area contributed by atoms with Gasteiger partial charge in [0.05, 0.1) is 0 Å². The molecule has 0 saturated heterocycles. The molecule has 1 aromatic carbocycles. The van der Waals surface area contributed by atoms with Gasteiger partial charge in [-0.15, -0.1) is 11.8 Å². The van der Waals surface area contributed by atoms with Crippen molar-refractivity contribution in [3.05, 3.63) is 23.8 Å². The predicted octanol–water partition coefficient (Wildman–Crippen LogP) is 4.42. The third-order valence-electron chi connectivity index (χ3n) is 3.74. The Balaban J connectivity index is 2.19. The summed E-state index contributed by atoms with van der Waals surface area (Å²) in [6, 6.07) is 6.82. The zero-order valence-electron chi connectivity index (χ0n) is 12.3. The molecule has 4 heteroatoms. The van der Waals surface area contributed by atoms with Gasteiger partial charge >= 0.3 is 0 Å². The molecule has 0 amide bonds. The number of anilines is 1. The van der Waals surface area contributed by atoms with Crippen LogP contribution >= 0.6 is 24.0 Å². The van der Waals surface area contributed by atoms with E-state index in [-0.39, 0.29) is 0 Å². The van der Waals surface area contributed by atoms with Crippen LogP contribution in [0.2, 0.25) is 0 Å². The average molecular weight is 309 g/mol. The van der Waals surface area contributed by atoms with E-state index in [1.54, 1.807) is 11.8 Å². The Morgan fingerprint density at radius 3 is 2.75 bits per heavy atom. The van der Waals surface area contributed by atoms with E-state index in [2.05, 4.69) is 37.4 Å². The lowest BCUT2D eigenvalue weighted by Crippen LogP contribution is -2.22. The molecule has 2 rings (SSSR count). The van der Waals surface area contributed by atoms with E-state index >= 15 is 0 Å². The average Bonchev–Trinajstić information content (AvgIpc) is 3.22. The number of nitrogens with one attached hydrogen (secondary N) is 1. The van der Waals surface area contributed by atoms with Crippen molar-refractivity contribution in [1.29, 1.82) is 0 Å². The molecule has 1 unspecified atom stereocenters. The predicted molar refractivity (Wildman–Crippen MR) is 93.8 cm³/mol. The lowest BCUT2D eigenvalue weighted by molar-refractivity contribution is 0.587. The quantitative estimate of drug-likeness (QED) is 0.550. The van der Waals surface area contributed by atoms with Crippen LogP contribution in [0.5, 0.6) is 0 Å². The second kappa shape index (κ2) is 7.32. The molecule has 0 bridgehead atoms. The highest BCUT2D eigenvalue weighted by Gasteiger charge is 2.25. The van der Waals surface area contributed by atoms with Gasteiger partial charge in [0, 0.05) is 22.2 Å². The summed E-state index contributed by atoms with van der Waals surface area (Å²) < 4.78 is 0. The van der Waals surface area contributed by atoms with Crippen molar-refractivity contribution in [2.75, 3.05) is 11.1 Å². The van der Waals surface area contributed by atoms with Gasteiger partial charge in [0.15, 0.2) is 0 Å². The second-order valence-corrected chi connectivity index (χ2v) is 7.15. The van der Waals surface area contributed by atoms with Gasteiger partial charge in [-0.25, -0.2) is 0 Å². The molecule has 0 radical (unpaired) electrons. The molecule has 20 heavy (non-hydrogen) atoms. The summed E-state index contributed by atoms with van der Waals surface area (Å²) in [5.74, 6) is 1.95. The van der Waals surface area contributed by atoms with Gasteiger partial charge in [0.25, 0.3) is 0 Å². The minimum atomic E-state index is 0.491. The Morgan fingerprint density at radius 2 is 2.20 bits per heavy atom. The molecular formula is C16H24N2S2. The first kappa shape index (κ1) is 15.6. The van der Waals surface area contributed by atoms with Gasteiger partial charge in [0.1, 0.15) is 4.99 Å². The standard InChI is InChI=1S/C16H24N2S2/c1-3-12(10-11-8-9-11)18-13-6-5-7-14(20-4-2)15(13)16(17)19/h5-7,11-12,18H,3-4,8-10H2,1-2H3,(H2,17,19). The van der Waals surface area contributed by atoms with E-state index in [0.29, 0.717) is 11.0 Å². The first-order chi connectivity index (χ1) is 9.65. The number of thioether (sulfide) groups is 1. The highest BCUT2D eigenvalue weighted by molar-refractivity contribution is 7.99. The van der Waals surface area contributed by atoms with Crippen molar-refractivity contribution in [1.82, 2.24) is 0 Å². The Morgan fingerprint density at radius 1 is 1.45 bits per heavy atom. The molecule has 0 heterocycles. The number of thiocarbonyl (C=S) groups is 1. The van der Waals surface area contributed by atoms with Crippen LogP contribution in [0.3, 0.4) is 0 Å². The number of hydrogen-bond donors (Lipinski definition) is 2. The van der Waals surface area contributed by atoms with Crippen molar-refractivity contribution in [3.8, 4) is 0 Å². The minimum absolute atomic E-state index is 0.491. The summed E-state index contributed by atoms with van der Waals surface area (Å²) >= 11 is 7.06. The molecule has 0 aromatic heterocycles. The number of rotatable bonds is 8. The lowest BCUT2D eigenvalue weighted by Gasteiger charge is -2.21. The third-order valence-corrected chi connectivity index (χ3v) is 4.88. The van der Waals surface area contributed by atoms with Crippen molar-refractivity contribution >= 4 is 34.7 Å². The van der Waals surface area contributed by atoms with E-state index in [0.717, 1.165) is 29.3 Å². The zero-order chi connectivity index (χ0) is 14.5. The van der Waals surface area contributed by atoms with Crippen LogP contribution in [0.25, 0.3) is 0 Å². The summed E-state index contributed by atoms with van der Waals surface area (Å²) in [7, 11) is 0. The van der Waals surface area contributed by atoms with Gasteiger partial charge in [-0.1, -0.05) is 45.0 Å². The van der Waals surface area contributed by atoms with E-state index in [9.17, 15) is 0 Å². The molecule has 1 aromatic rings. The molecule has 1 aliphatic carbocycles. The topological polar surface area (TPSA) is 38.0 Å². The fourth-order valence-electron chi connectivity index (χ4n) is 2.48. The first-order valence-corrected chi connectivity index (χ1v) is 8.87. The van der Waals surface area contributed by atoms with Gasteiger partial charge in [0.2, 0.25) is 0 Å². The van der Waals surface area contributed by atoms with Crippen molar-refractivity contribution in [3.63, 3.8) is 0 Å². The Kier molecular flexibility index (Phi) is 5.73. The van der Waals surface area contributed by atoms with Gasteiger partial charge in [-0.3, -0.25) is 0 Å². The molecule has 1 fully saturated rings. The Bertz CT molecular complexity index is 470. The lowest BCUT2D eigenvalue weighted by atomic mass is 10.1. The van der Waals surface area contributed by atoms with E-state index in [1.807, 2.05) is 0 Å². The maximum absolute atomic E-state index is 5.95. The largest absolute Gasteiger partial charge is 0.389 e. The molecule has 2 nitrogen and oxygen atoms in total. The monoisotopic (exact) mass is 308 g/mol. The molecule has 1 aliphatic rings. The second-order valence-electron chi connectivity index (χ2n) is 5.40. The van der Waals surface area contributed by atoms with Gasteiger partial charge in [-0.2, -0.15) is 0 Å². The molecule has 0 aliphatic heterocycles. The normalized spacial score (nSPS) is 15.9. The third kappa shape index (κ3) is 4.13. The van der Waals surface area contributed by atoms with Crippen LogP contribution in [-0.2, 0) is 0 Å². The van der Waals surface area contributed by atoms with Crippen LogP contribution < -0.4 is 11.1 Å². The molecule has 0 spiro atoms. The summed E-state index contributed by atoms with van der Waals surface area (Å²) in [4.78, 5) is 1.68. The maximum atomic E-state index is 5.95. The minimum Gasteiger partial charge on any atom is -0.389 e. The van der Waals surface area contributed by atoms with E-state index in [1.165, 1.54) is 24.2 Å². The molecule has 1 atom stereocenters. The first-order valence-electron chi connectivity index (χ1n) is 7.47. The fourth-order valence-corrected chi connectivity index (χ4v) is 3.62. The van der Waals surface area contributed by atoms with Crippen LogP contribution in [0.1, 0.15) is 45.1 Å². The molecular weight excluding hydrogens is 284 g/mol. The molecule has 3 N–H and O–H groups in total. The van der Waals surface area contributed by atoms with Crippen LogP contribution in [0.15, 0.2) is 23.1 Å². The highest BCUT2D eigenvalue weighted by Crippen LogP contribution is 2.36. The summed E-state index contributed by atoms with van der Waals surface area (Å²) in [6.45, 7) is 4.39. The molecule has 110 valence electrons. The van der Waals surface area contributed by atoms with Crippen molar-refractivity contribution < 1.29 is 0 Å². The number of hydrogen-bond acceptors (Lipinski definition) is 3. The van der Waals surface area contributed by atoms with Crippen molar-refractivity contribution in [2.24, 2.45) is 11.7 Å². The van der Waals surface area contributed by atoms with Gasteiger partial charge < -0.3 is 11.1 Å².